The number of imidazole rings is 1. The largest absolute Gasteiger partial charge is 0.480 e. The second-order valence-electron chi connectivity index (χ2n) is 4.60. The van der Waals surface area contributed by atoms with Crippen molar-refractivity contribution in [2.24, 2.45) is 0 Å². The molecule has 3 aromatic rings. The van der Waals surface area contributed by atoms with Crippen LogP contribution >= 0.6 is 11.6 Å². The molecule has 1 N–H and O–H groups in total. The molecule has 0 bridgehead atoms. The van der Waals surface area contributed by atoms with Crippen molar-refractivity contribution in [1.29, 1.82) is 0 Å². The number of ether oxygens (including phenoxy) is 1. The van der Waals surface area contributed by atoms with E-state index >= 15 is 0 Å². The predicted octanol–water partition coefficient (Wildman–Crippen LogP) is 3.04. The molecule has 3 aromatic heterocycles. The van der Waals surface area contributed by atoms with Gasteiger partial charge in [0.25, 0.3) is 0 Å². The highest BCUT2D eigenvalue weighted by molar-refractivity contribution is 6.31. The van der Waals surface area contributed by atoms with Crippen molar-refractivity contribution in [3.63, 3.8) is 0 Å². The van der Waals surface area contributed by atoms with Crippen molar-refractivity contribution >= 4 is 34.9 Å². The molecule has 0 aromatic carbocycles. The second-order valence-corrected chi connectivity index (χ2v) is 4.96. The van der Waals surface area contributed by atoms with Gasteiger partial charge in [0.1, 0.15) is 11.3 Å². The van der Waals surface area contributed by atoms with E-state index < -0.39 is 0 Å². The lowest BCUT2D eigenvalue weighted by Crippen LogP contribution is -2.09. The number of aromatic nitrogens is 3. The van der Waals surface area contributed by atoms with E-state index in [1.165, 1.54) is 13.2 Å². The average Bonchev–Trinajstić information content (AvgIpc) is 2.88. The molecule has 7 heteroatoms. The molecule has 0 saturated carbocycles. The Morgan fingerprint density at radius 3 is 3.04 bits per heavy atom. The number of nitrogens with one attached hydrogen (secondary N) is 1. The van der Waals surface area contributed by atoms with Gasteiger partial charge in [0.15, 0.2) is 5.15 Å². The minimum absolute atomic E-state index is 0.321. The van der Waals surface area contributed by atoms with Gasteiger partial charge in [0, 0.05) is 18.5 Å². The lowest BCUT2D eigenvalue weighted by molar-refractivity contribution is -0.111. The van der Waals surface area contributed by atoms with Gasteiger partial charge in [-0.3, -0.25) is 9.20 Å². The normalized spacial score (nSPS) is 11.0. The number of halogens is 1. The fourth-order valence-electron chi connectivity index (χ4n) is 2.11. The van der Waals surface area contributed by atoms with Crippen molar-refractivity contribution in [1.82, 2.24) is 14.4 Å². The van der Waals surface area contributed by atoms with Gasteiger partial charge in [-0.25, -0.2) is 9.97 Å². The van der Waals surface area contributed by atoms with E-state index in [0.717, 1.165) is 0 Å². The maximum Gasteiger partial charge on any atom is 0.248 e. The number of hydrogen-bond donors (Lipinski definition) is 1. The SMILES string of the molecule is COc1ncccc1NC(=O)/C=C/c1c(Cl)nc2ccccn12. The van der Waals surface area contributed by atoms with Gasteiger partial charge >= 0.3 is 0 Å². The van der Waals surface area contributed by atoms with Gasteiger partial charge in [0.05, 0.1) is 12.8 Å². The predicted molar refractivity (Wildman–Crippen MR) is 88.7 cm³/mol. The summed E-state index contributed by atoms with van der Waals surface area (Å²) in [7, 11) is 1.49. The Balaban J connectivity index is 1.82. The summed E-state index contributed by atoms with van der Waals surface area (Å²) in [6.07, 6.45) is 6.41. The Morgan fingerprint density at radius 2 is 2.22 bits per heavy atom. The first kappa shape index (κ1) is 15.1. The van der Waals surface area contributed by atoms with Gasteiger partial charge in [-0.15, -0.1) is 0 Å². The number of carbonyl (C=O) groups excluding carboxylic acids is 1. The lowest BCUT2D eigenvalue weighted by atomic mass is 10.3. The molecule has 1 amide bonds. The number of pyridine rings is 2. The highest BCUT2D eigenvalue weighted by atomic mass is 35.5. The maximum absolute atomic E-state index is 12.1. The minimum atomic E-state index is -0.321. The molecule has 0 aliphatic rings. The molecule has 116 valence electrons. The van der Waals surface area contributed by atoms with Crippen LogP contribution in [-0.4, -0.2) is 27.4 Å². The third-order valence-electron chi connectivity index (χ3n) is 3.14. The number of fused-ring (bicyclic) bond motifs is 1. The van der Waals surface area contributed by atoms with E-state index in [1.54, 1.807) is 28.8 Å². The third-order valence-corrected chi connectivity index (χ3v) is 3.42. The molecule has 0 aliphatic carbocycles. The van der Waals surface area contributed by atoms with Crippen LogP contribution in [0, 0.1) is 0 Å². The zero-order valence-electron chi connectivity index (χ0n) is 12.2. The Labute approximate surface area is 137 Å². The Bertz CT molecular complexity index is 889. The van der Waals surface area contributed by atoms with Crippen LogP contribution in [-0.2, 0) is 4.79 Å². The molecule has 0 saturated heterocycles. The standard InChI is InChI=1S/C16H13ClN4O2/c1-23-16-11(5-4-9-18-16)19-14(22)8-7-12-15(17)20-13-6-2-3-10-21(12)13/h2-10H,1H3,(H,19,22)/b8-7+. The summed E-state index contributed by atoms with van der Waals surface area (Å²) in [5, 5.41) is 3.04. The first-order valence-electron chi connectivity index (χ1n) is 6.79. The quantitative estimate of drug-likeness (QED) is 0.747. The molecule has 23 heavy (non-hydrogen) atoms. The molecule has 0 radical (unpaired) electrons. The molecule has 0 fully saturated rings. The molecule has 0 unspecified atom stereocenters. The lowest BCUT2D eigenvalue weighted by Gasteiger charge is -2.06. The fourth-order valence-corrected chi connectivity index (χ4v) is 2.35. The van der Waals surface area contributed by atoms with Crippen molar-refractivity contribution in [2.75, 3.05) is 12.4 Å². The summed E-state index contributed by atoms with van der Waals surface area (Å²) in [4.78, 5) is 20.3. The first-order chi connectivity index (χ1) is 11.2. The summed E-state index contributed by atoms with van der Waals surface area (Å²) in [6, 6.07) is 8.99. The number of amides is 1. The van der Waals surface area contributed by atoms with Gasteiger partial charge in [-0.2, -0.15) is 0 Å². The van der Waals surface area contributed by atoms with E-state index in [4.69, 9.17) is 16.3 Å². The summed E-state index contributed by atoms with van der Waals surface area (Å²) in [6.45, 7) is 0. The van der Waals surface area contributed by atoms with Crippen molar-refractivity contribution in [3.05, 3.63) is 59.6 Å². The van der Waals surface area contributed by atoms with Crippen LogP contribution in [0.15, 0.2) is 48.8 Å². The fraction of sp³-hybridized carbons (Fsp3) is 0.0625. The highest BCUT2D eigenvalue weighted by Crippen LogP contribution is 2.21. The van der Waals surface area contributed by atoms with Crippen molar-refractivity contribution in [3.8, 4) is 5.88 Å². The van der Waals surface area contributed by atoms with Crippen molar-refractivity contribution in [2.45, 2.75) is 0 Å². The van der Waals surface area contributed by atoms with Gasteiger partial charge in [-0.05, 0) is 30.3 Å². The number of carbonyl (C=O) groups is 1. The minimum Gasteiger partial charge on any atom is -0.480 e. The first-order valence-corrected chi connectivity index (χ1v) is 7.17. The van der Waals surface area contributed by atoms with E-state index in [-0.39, 0.29) is 5.91 Å². The number of methoxy groups -OCH3 is 1. The van der Waals surface area contributed by atoms with E-state index in [2.05, 4.69) is 15.3 Å². The number of anilines is 1. The Hall–Kier alpha value is -2.86. The number of rotatable bonds is 4. The van der Waals surface area contributed by atoms with E-state index in [0.29, 0.717) is 28.1 Å². The van der Waals surface area contributed by atoms with Crippen LogP contribution in [0.2, 0.25) is 5.15 Å². The third kappa shape index (κ3) is 3.17. The summed E-state index contributed by atoms with van der Waals surface area (Å²) in [5.41, 5.74) is 1.84. The van der Waals surface area contributed by atoms with Gasteiger partial charge in [-0.1, -0.05) is 17.7 Å². The zero-order chi connectivity index (χ0) is 16.2. The molecule has 0 aliphatic heterocycles. The van der Waals surface area contributed by atoms with Crippen LogP contribution in [0.1, 0.15) is 5.69 Å². The molecule has 3 rings (SSSR count). The summed E-state index contributed by atoms with van der Waals surface area (Å²) >= 11 is 6.11. The van der Waals surface area contributed by atoms with Gasteiger partial charge < -0.3 is 10.1 Å². The van der Waals surface area contributed by atoms with Gasteiger partial charge in [0.2, 0.25) is 11.8 Å². The smallest absolute Gasteiger partial charge is 0.248 e. The van der Waals surface area contributed by atoms with E-state index in [9.17, 15) is 4.79 Å². The number of nitrogens with zero attached hydrogens (tertiary/aromatic N) is 3. The number of hydrogen-bond acceptors (Lipinski definition) is 4. The Morgan fingerprint density at radius 1 is 1.35 bits per heavy atom. The van der Waals surface area contributed by atoms with Crippen LogP contribution in [0.4, 0.5) is 5.69 Å². The van der Waals surface area contributed by atoms with Crippen molar-refractivity contribution < 1.29 is 9.53 Å². The zero-order valence-corrected chi connectivity index (χ0v) is 13.0. The van der Waals surface area contributed by atoms with Crippen LogP contribution in [0.5, 0.6) is 5.88 Å². The van der Waals surface area contributed by atoms with Crippen LogP contribution < -0.4 is 10.1 Å². The topological polar surface area (TPSA) is 68.5 Å². The second kappa shape index (κ2) is 6.50. The molecular weight excluding hydrogens is 316 g/mol. The summed E-state index contributed by atoms with van der Waals surface area (Å²) < 4.78 is 6.89. The monoisotopic (exact) mass is 328 g/mol. The molecule has 3 heterocycles. The molecule has 6 nitrogen and oxygen atoms in total. The molecule has 0 spiro atoms. The maximum atomic E-state index is 12.1. The van der Waals surface area contributed by atoms with Crippen LogP contribution in [0.3, 0.4) is 0 Å². The summed E-state index contributed by atoms with van der Waals surface area (Å²) in [5.74, 6) is 0.0281. The molecule has 0 atom stereocenters. The average molecular weight is 329 g/mol. The highest BCUT2D eigenvalue weighted by Gasteiger charge is 2.08. The van der Waals surface area contributed by atoms with Crippen LogP contribution in [0.25, 0.3) is 11.7 Å². The molecular formula is C16H13ClN4O2. The van der Waals surface area contributed by atoms with E-state index in [1.807, 2.05) is 24.4 Å². The Kier molecular flexibility index (Phi) is 4.25.